The second-order valence-corrected chi connectivity index (χ2v) is 7.57. The molecule has 0 aromatic carbocycles. The molecule has 0 aliphatic rings. The van der Waals surface area contributed by atoms with Crippen LogP contribution in [0.4, 0.5) is 0 Å². The van der Waals surface area contributed by atoms with Gasteiger partial charge in [-0.15, -0.1) is 0 Å². The number of carbonyl (C=O) groups excluding carboxylic acids is 1. The van der Waals surface area contributed by atoms with Crippen molar-refractivity contribution in [1.29, 1.82) is 0 Å². The van der Waals surface area contributed by atoms with E-state index in [0.29, 0.717) is 13.2 Å². The number of esters is 1. The molecule has 0 saturated heterocycles. The first-order chi connectivity index (χ1) is 11.7. The molecule has 0 spiro atoms. The molecule has 0 saturated carbocycles. The van der Waals surface area contributed by atoms with Crippen molar-refractivity contribution in [3.8, 4) is 0 Å². The van der Waals surface area contributed by atoms with Gasteiger partial charge in [0.1, 0.15) is 0 Å². The van der Waals surface area contributed by atoms with Crippen LogP contribution >= 0.6 is 0 Å². The van der Waals surface area contributed by atoms with Crippen molar-refractivity contribution >= 4 is 5.97 Å². The van der Waals surface area contributed by atoms with Gasteiger partial charge in [-0.25, -0.2) is 0 Å². The Morgan fingerprint density at radius 2 is 1.04 bits per heavy atom. The third-order valence-corrected chi connectivity index (χ3v) is 4.51. The molecule has 0 radical (unpaired) electrons. The summed E-state index contributed by atoms with van der Waals surface area (Å²) < 4.78 is 5.15. The van der Waals surface area contributed by atoms with Crippen LogP contribution in [0, 0.1) is 0 Å². The van der Waals surface area contributed by atoms with Gasteiger partial charge in [-0.2, -0.15) is 0 Å². The Labute approximate surface area is 151 Å². The summed E-state index contributed by atoms with van der Waals surface area (Å²) in [5.74, 6) is -0.0362. The van der Waals surface area contributed by atoms with E-state index in [0.717, 1.165) is 11.3 Å². The van der Waals surface area contributed by atoms with E-state index in [1.54, 1.807) is 0 Å². The average Bonchev–Trinajstić information content (AvgIpc) is 2.56. The normalized spacial score (nSPS) is 11.2. The second-order valence-electron chi connectivity index (χ2n) is 7.57. The third-order valence-electron chi connectivity index (χ3n) is 4.51. The monoisotopic (exact) mass is 342 g/mol. The van der Waals surface area contributed by atoms with Gasteiger partial charge in [-0.1, -0.05) is 96.8 Å². The van der Waals surface area contributed by atoms with E-state index in [4.69, 9.17) is 4.74 Å². The van der Waals surface area contributed by atoms with Crippen LogP contribution in [0.15, 0.2) is 0 Å². The Balaban J connectivity index is 3.08. The van der Waals surface area contributed by atoms with Gasteiger partial charge in [0.15, 0.2) is 0 Å². The van der Waals surface area contributed by atoms with E-state index in [1.165, 1.54) is 89.9 Å². The van der Waals surface area contributed by atoms with Crippen LogP contribution in [0.5, 0.6) is 0 Å². The average molecular weight is 343 g/mol. The van der Waals surface area contributed by atoms with Crippen molar-refractivity contribution in [1.82, 2.24) is 0 Å². The largest absolute Gasteiger partial charge is 0.415 e. The van der Waals surface area contributed by atoms with Gasteiger partial charge in [0.2, 0.25) is 6.73 Å². The SMILES string of the molecule is CCCCCCCCCCCCCCCCCC(=O)OC[NH+](C)C. The Hall–Kier alpha value is -0.570. The predicted molar refractivity (Wildman–Crippen MR) is 103 cm³/mol. The molecule has 0 aliphatic heterocycles. The maximum atomic E-state index is 11.4. The second kappa shape index (κ2) is 18.8. The Morgan fingerprint density at radius 1 is 0.667 bits per heavy atom. The zero-order chi connectivity index (χ0) is 17.9. The molecule has 0 aliphatic carbocycles. The maximum Gasteiger partial charge on any atom is 0.310 e. The molecule has 0 atom stereocenters. The highest BCUT2D eigenvalue weighted by molar-refractivity contribution is 5.69. The van der Waals surface area contributed by atoms with Crippen LogP contribution in [0.25, 0.3) is 0 Å². The molecule has 0 unspecified atom stereocenters. The van der Waals surface area contributed by atoms with Crippen molar-refractivity contribution in [3.63, 3.8) is 0 Å². The van der Waals surface area contributed by atoms with Gasteiger partial charge in [0, 0.05) is 6.42 Å². The van der Waals surface area contributed by atoms with Crippen molar-refractivity contribution in [2.24, 2.45) is 0 Å². The fourth-order valence-electron chi connectivity index (χ4n) is 2.94. The summed E-state index contributed by atoms with van der Waals surface area (Å²) in [7, 11) is 3.97. The number of ether oxygens (including phenoxy) is 1. The molecule has 0 heterocycles. The smallest absolute Gasteiger partial charge is 0.310 e. The lowest BCUT2D eigenvalue weighted by Crippen LogP contribution is -3.06. The highest BCUT2D eigenvalue weighted by atomic mass is 16.5. The molecule has 0 fully saturated rings. The highest BCUT2D eigenvalue weighted by Gasteiger charge is 2.04. The van der Waals surface area contributed by atoms with Crippen LogP contribution in [0.1, 0.15) is 110 Å². The number of carbonyl (C=O) groups is 1. The summed E-state index contributed by atoms with van der Waals surface area (Å²) in [6.45, 7) is 2.76. The van der Waals surface area contributed by atoms with Crippen molar-refractivity contribution in [3.05, 3.63) is 0 Å². The van der Waals surface area contributed by atoms with E-state index in [9.17, 15) is 4.79 Å². The summed E-state index contributed by atoms with van der Waals surface area (Å²) in [6.07, 6.45) is 20.9. The summed E-state index contributed by atoms with van der Waals surface area (Å²) in [6, 6.07) is 0. The molecule has 0 amide bonds. The third kappa shape index (κ3) is 19.5. The van der Waals surface area contributed by atoms with Gasteiger partial charge in [-0.3, -0.25) is 4.79 Å². The van der Waals surface area contributed by atoms with E-state index in [-0.39, 0.29) is 5.97 Å². The molecule has 0 rings (SSSR count). The predicted octanol–water partition coefficient (Wildman–Crippen LogP) is 4.89. The minimum absolute atomic E-state index is 0.0362. The van der Waals surface area contributed by atoms with Gasteiger partial charge < -0.3 is 9.64 Å². The molecule has 1 N–H and O–H groups in total. The van der Waals surface area contributed by atoms with E-state index < -0.39 is 0 Å². The van der Waals surface area contributed by atoms with Crippen molar-refractivity contribution < 1.29 is 14.4 Å². The Morgan fingerprint density at radius 3 is 1.42 bits per heavy atom. The lowest BCUT2D eigenvalue weighted by atomic mass is 10.0. The summed E-state index contributed by atoms with van der Waals surface area (Å²) in [4.78, 5) is 12.6. The molecular formula is C21H44NO2+. The van der Waals surface area contributed by atoms with Crippen LogP contribution in [0.3, 0.4) is 0 Å². The number of rotatable bonds is 18. The summed E-state index contributed by atoms with van der Waals surface area (Å²) in [5, 5.41) is 0. The van der Waals surface area contributed by atoms with Gasteiger partial charge >= 0.3 is 5.97 Å². The van der Waals surface area contributed by atoms with E-state index >= 15 is 0 Å². The number of hydrogen-bond acceptors (Lipinski definition) is 2. The summed E-state index contributed by atoms with van der Waals surface area (Å²) in [5.41, 5.74) is 0. The van der Waals surface area contributed by atoms with Crippen molar-refractivity contribution in [2.75, 3.05) is 20.8 Å². The molecule has 3 heteroatoms. The molecule has 3 nitrogen and oxygen atoms in total. The molecule has 0 aromatic heterocycles. The first-order valence-electron chi connectivity index (χ1n) is 10.6. The van der Waals surface area contributed by atoms with Crippen LogP contribution in [-0.4, -0.2) is 26.8 Å². The molecular weight excluding hydrogens is 298 g/mol. The number of hydrogen-bond donors (Lipinski definition) is 1. The quantitative estimate of drug-likeness (QED) is 0.218. The fourth-order valence-corrected chi connectivity index (χ4v) is 2.94. The lowest BCUT2D eigenvalue weighted by molar-refractivity contribution is -0.877. The number of nitrogens with one attached hydrogen (secondary N) is 1. The topological polar surface area (TPSA) is 30.7 Å². The van der Waals surface area contributed by atoms with Crippen LogP contribution < -0.4 is 4.90 Å². The standard InChI is InChI=1S/C21H43NO2/c1-4-5-6-7-8-9-10-11-12-13-14-15-16-17-18-19-21(23)24-20-22(2)3/h4-20H2,1-3H3/p+1. The fraction of sp³-hybridized carbons (Fsp3) is 0.952. The molecule has 0 bridgehead atoms. The van der Waals surface area contributed by atoms with Gasteiger partial charge in [-0.05, 0) is 6.42 Å². The zero-order valence-corrected chi connectivity index (χ0v) is 16.8. The van der Waals surface area contributed by atoms with E-state index in [2.05, 4.69) is 6.92 Å². The Kier molecular flexibility index (Phi) is 18.3. The molecule has 144 valence electrons. The lowest BCUT2D eigenvalue weighted by Gasteiger charge is -2.07. The maximum absolute atomic E-state index is 11.4. The van der Waals surface area contributed by atoms with Gasteiger partial charge in [0.25, 0.3) is 0 Å². The first kappa shape index (κ1) is 23.4. The number of quaternary nitrogens is 1. The molecule has 24 heavy (non-hydrogen) atoms. The Bertz CT molecular complexity index is 267. The highest BCUT2D eigenvalue weighted by Crippen LogP contribution is 2.13. The summed E-state index contributed by atoms with van der Waals surface area (Å²) >= 11 is 0. The first-order valence-corrected chi connectivity index (χ1v) is 10.6. The van der Waals surface area contributed by atoms with E-state index in [1.807, 2.05) is 14.1 Å². The van der Waals surface area contributed by atoms with Crippen molar-refractivity contribution in [2.45, 2.75) is 110 Å². The van der Waals surface area contributed by atoms with Crippen LogP contribution in [0.2, 0.25) is 0 Å². The minimum Gasteiger partial charge on any atom is -0.415 e. The molecule has 0 aromatic rings. The number of unbranched alkanes of at least 4 members (excludes halogenated alkanes) is 14. The minimum atomic E-state index is -0.0362. The zero-order valence-electron chi connectivity index (χ0n) is 16.8. The van der Waals surface area contributed by atoms with Crippen LogP contribution in [-0.2, 0) is 9.53 Å². The van der Waals surface area contributed by atoms with Gasteiger partial charge in [0.05, 0.1) is 14.1 Å².